The number of hydrogen-bond donors (Lipinski definition) is 1. The Labute approximate surface area is 121 Å². The van der Waals surface area contributed by atoms with Crippen molar-refractivity contribution >= 4 is 18.2 Å². The molecule has 0 unspecified atom stereocenters. The molecule has 8 heteroatoms. The Kier molecular flexibility index (Phi) is 3.95. The van der Waals surface area contributed by atoms with Gasteiger partial charge in [0, 0.05) is 26.2 Å². The van der Waals surface area contributed by atoms with Gasteiger partial charge >= 0.3 is 0 Å². The molecular formula is C13H16N6O2. The first-order valence-electron chi connectivity index (χ1n) is 6.75. The van der Waals surface area contributed by atoms with Crippen molar-refractivity contribution in [2.24, 2.45) is 0 Å². The van der Waals surface area contributed by atoms with Crippen LogP contribution in [0, 0.1) is 0 Å². The number of nitrogens with one attached hydrogen (secondary N) is 1. The first-order chi connectivity index (χ1) is 10.3. The zero-order valence-corrected chi connectivity index (χ0v) is 11.5. The third kappa shape index (κ3) is 3.28. The average molecular weight is 288 g/mol. The molecule has 0 atom stereocenters. The Morgan fingerprint density at radius 3 is 2.90 bits per heavy atom. The summed E-state index contributed by atoms with van der Waals surface area (Å²) in [6.07, 6.45) is 4.08. The van der Waals surface area contributed by atoms with Crippen molar-refractivity contribution in [3.05, 3.63) is 30.4 Å². The van der Waals surface area contributed by atoms with Crippen LogP contribution in [0.5, 0.6) is 0 Å². The number of piperazine rings is 1. The lowest BCUT2D eigenvalue weighted by molar-refractivity contribution is -0.118. The molecule has 0 bridgehead atoms. The van der Waals surface area contributed by atoms with Crippen LogP contribution in [0.1, 0.15) is 5.76 Å². The fourth-order valence-electron chi connectivity index (χ4n) is 2.13. The Bertz CT molecular complexity index is 580. The maximum absolute atomic E-state index is 10.7. The molecule has 8 nitrogen and oxygen atoms in total. The third-order valence-corrected chi connectivity index (χ3v) is 3.32. The number of nitrogens with zero attached hydrogens (tertiary/aromatic N) is 5. The monoisotopic (exact) mass is 288 g/mol. The van der Waals surface area contributed by atoms with Crippen LogP contribution in [0.15, 0.2) is 29.0 Å². The molecule has 2 aromatic rings. The summed E-state index contributed by atoms with van der Waals surface area (Å²) >= 11 is 0. The molecule has 1 amide bonds. The van der Waals surface area contributed by atoms with Gasteiger partial charge in [-0.3, -0.25) is 4.79 Å². The summed E-state index contributed by atoms with van der Waals surface area (Å²) in [7, 11) is 0. The predicted molar refractivity (Wildman–Crippen MR) is 75.7 cm³/mol. The number of hydrogen-bond acceptors (Lipinski definition) is 7. The summed E-state index contributed by atoms with van der Waals surface area (Å²) in [6.45, 7) is 3.32. The number of amides is 1. The van der Waals surface area contributed by atoms with Crippen molar-refractivity contribution in [2.75, 3.05) is 36.4 Å². The Balaban J connectivity index is 1.61. The van der Waals surface area contributed by atoms with Gasteiger partial charge in [0.05, 0.1) is 19.0 Å². The average Bonchev–Trinajstić information content (AvgIpc) is 3.07. The molecule has 1 saturated heterocycles. The zero-order valence-electron chi connectivity index (χ0n) is 11.5. The van der Waals surface area contributed by atoms with Gasteiger partial charge in [-0.15, -0.1) is 5.10 Å². The Morgan fingerprint density at radius 2 is 2.19 bits per heavy atom. The number of carbonyl (C=O) groups is 1. The molecule has 110 valence electrons. The molecule has 3 rings (SSSR count). The molecular weight excluding hydrogens is 272 g/mol. The predicted octanol–water partition coefficient (Wildman–Crippen LogP) is 0.355. The van der Waals surface area contributed by atoms with Crippen LogP contribution in [-0.4, -0.2) is 52.7 Å². The lowest BCUT2D eigenvalue weighted by atomic mass is 10.3. The van der Waals surface area contributed by atoms with E-state index < -0.39 is 0 Å². The largest absolute Gasteiger partial charge is 0.467 e. The van der Waals surface area contributed by atoms with Crippen LogP contribution in [0.25, 0.3) is 0 Å². The van der Waals surface area contributed by atoms with Gasteiger partial charge in [0.1, 0.15) is 5.76 Å². The highest BCUT2D eigenvalue weighted by molar-refractivity contribution is 5.48. The molecule has 0 radical (unpaired) electrons. The summed E-state index contributed by atoms with van der Waals surface area (Å²) in [6, 6.07) is 3.73. The Morgan fingerprint density at radius 1 is 1.33 bits per heavy atom. The van der Waals surface area contributed by atoms with Gasteiger partial charge in [0.25, 0.3) is 0 Å². The maximum Gasteiger partial charge on any atom is 0.247 e. The van der Waals surface area contributed by atoms with Gasteiger partial charge in [0.2, 0.25) is 12.4 Å². The summed E-state index contributed by atoms with van der Waals surface area (Å²) in [5, 5.41) is 11.2. The molecule has 2 aromatic heterocycles. The van der Waals surface area contributed by atoms with Crippen molar-refractivity contribution in [2.45, 2.75) is 6.54 Å². The van der Waals surface area contributed by atoms with E-state index in [4.69, 9.17) is 4.42 Å². The molecule has 1 fully saturated rings. The smallest absolute Gasteiger partial charge is 0.247 e. The van der Waals surface area contributed by atoms with E-state index in [9.17, 15) is 4.79 Å². The molecule has 1 N–H and O–H groups in total. The first kappa shape index (κ1) is 13.3. The standard InChI is InChI=1S/C13H16N6O2/c20-10-18-3-5-19(6-4-18)13-16-12(9-15-17-13)14-8-11-2-1-7-21-11/h1-2,7,9-10H,3-6,8H2,(H,14,16,17). The second-order valence-electron chi connectivity index (χ2n) is 4.70. The quantitative estimate of drug-likeness (QED) is 0.794. The van der Waals surface area contributed by atoms with Gasteiger partial charge in [-0.1, -0.05) is 0 Å². The van der Waals surface area contributed by atoms with Crippen molar-refractivity contribution in [1.29, 1.82) is 0 Å². The van der Waals surface area contributed by atoms with Crippen molar-refractivity contribution in [1.82, 2.24) is 20.1 Å². The van der Waals surface area contributed by atoms with E-state index in [1.165, 1.54) is 0 Å². The first-order valence-corrected chi connectivity index (χ1v) is 6.75. The SMILES string of the molecule is O=CN1CCN(c2nncc(NCc3ccco3)n2)CC1. The zero-order chi connectivity index (χ0) is 14.5. The normalized spacial score (nSPS) is 15.0. The van der Waals surface area contributed by atoms with E-state index in [1.54, 1.807) is 17.4 Å². The fraction of sp³-hybridized carbons (Fsp3) is 0.385. The molecule has 1 aliphatic rings. The van der Waals surface area contributed by atoms with E-state index in [0.29, 0.717) is 44.5 Å². The van der Waals surface area contributed by atoms with E-state index in [2.05, 4.69) is 20.5 Å². The van der Waals surface area contributed by atoms with E-state index >= 15 is 0 Å². The van der Waals surface area contributed by atoms with Crippen molar-refractivity contribution in [3.8, 4) is 0 Å². The summed E-state index contributed by atoms with van der Waals surface area (Å²) in [5.41, 5.74) is 0. The number of rotatable bonds is 5. The minimum atomic E-state index is 0.546. The lowest BCUT2D eigenvalue weighted by Crippen LogP contribution is -2.46. The van der Waals surface area contributed by atoms with Gasteiger partial charge in [-0.25, -0.2) is 0 Å². The van der Waals surface area contributed by atoms with Crippen molar-refractivity contribution < 1.29 is 9.21 Å². The Hall–Kier alpha value is -2.64. The summed E-state index contributed by atoms with van der Waals surface area (Å²) in [4.78, 5) is 18.9. The lowest BCUT2D eigenvalue weighted by Gasteiger charge is -2.32. The second kappa shape index (κ2) is 6.21. The van der Waals surface area contributed by atoms with Crippen LogP contribution < -0.4 is 10.2 Å². The molecule has 0 saturated carbocycles. The number of anilines is 2. The molecule has 0 spiro atoms. The number of furan rings is 1. The van der Waals surface area contributed by atoms with Crippen LogP contribution in [-0.2, 0) is 11.3 Å². The summed E-state index contributed by atoms with van der Waals surface area (Å²) in [5.74, 6) is 2.05. The minimum Gasteiger partial charge on any atom is -0.467 e. The van der Waals surface area contributed by atoms with Gasteiger partial charge in [-0.05, 0) is 12.1 Å². The number of aromatic nitrogens is 3. The van der Waals surface area contributed by atoms with Crippen LogP contribution in [0.2, 0.25) is 0 Å². The van der Waals surface area contributed by atoms with E-state index in [-0.39, 0.29) is 0 Å². The van der Waals surface area contributed by atoms with E-state index in [1.807, 2.05) is 17.0 Å². The highest BCUT2D eigenvalue weighted by atomic mass is 16.3. The van der Waals surface area contributed by atoms with Gasteiger partial charge in [-0.2, -0.15) is 10.1 Å². The molecule has 0 aromatic carbocycles. The third-order valence-electron chi connectivity index (χ3n) is 3.32. The van der Waals surface area contributed by atoms with Gasteiger partial charge < -0.3 is 19.5 Å². The fourth-order valence-corrected chi connectivity index (χ4v) is 2.13. The van der Waals surface area contributed by atoms with Crippen LogP contribution >= 0.6 is 0 Å². The maximum atomic E-state index is 10.7. The highest BCUT2D eigenvalue weighted by Gasteiger charge is 2.18. The molecule has 21 heavy (non-hydrogen) atoms. The number of carbonyl (C=O) groups excluding carboxylic acids is 1. The van der Waals surface area contributed by atoms with Crippen molar-refractivity contribution in [3.63, 3.8) is 0 Å². The molecule has 0 aliphatic carbocycles. The summed E-state index contributed by atoms with van der Waals surface area (Å²) < 4.78 is 5.25. The molecule has 1 aliphatic heterocycles. The highest BCUT2D eigenvalue weighted by Crippen LogP contribution is 2.12. The molecule has 3 heterocycles. The van der Waals surface area contributed by atoms with Crippen LogP contribution in [0.4, 0.5) is 11.8 Å². The van der Waals surface area contributed by atoms with Gasteiger partial charge in [0.15, 0.2) is 5.82 Å². The van der Waals surface area contributed by atoms with E-state index in [0.717, 1.165) is 12.2 Å². The second-order valence-corrected chi connectivity index (χ2v) is 4.70. The topological polar surface area (TPSA) is 87.4 Å². The van der Waals surface area contributed by atoms with Crippen LogP contribution in [0.3, 0.4) is 0 Å². The minimum absolute atomic E-state index is 0.546.